The van der Waals surface area contributed by atoms with Gasteiger partial charge >= 0.3 is 0 Å². The molecule has 1 saturated heterocycles. The molecule has 0 N–H and O–H groups in total. The number of amides is 1. The molecule has 1 fully saturated rings. The molecule has 1 amide bonds. The van der Waals surface area contributed by atoms with Gasteiger partial charge < -0.3 is 14.2 Å². The molecular weight excluding hydrogens is 384 g/mol. The van der Waals surface area contributed by atoms with E-state index in [1.807, 2.05) is 24.0 Å². The number of nitrogens with zero attached hydrogens (tertiary/aromatic N) is 4. The normalized spacial score (nSPS) is 20.5. The quantitative estimate of drug-likeness (QED) is 0.601. The van der Waals surface area contributed by atoms with Crippen molar-refractivity contribution >= 4 is 23.4 Å². The molecule has 0 aliphatic carbocycles. The van der Waals surface area contributed by atoms with Crippen molar-refractivity contribution in [3.63, 3.8) is 0 Å². The minimum absolute atomic E-state index is 0.151. The number of anilines is 1. The van der Waals surface area contributed by atoms with Crippen molar-refractivity contribution in [1.82, 2.24) is 15.1 Å². The predicted octanol–water partition coefficient (Wildman–Crippen LogP) is 4.85. The number of aromatic nitrogens is 2. The summed E-state index contributed by atoms with van der Waals surface area (Å²) in [7, 11) is 0. The van der Waals surface area contributed by atoms with Crippen LogP contribution >= 0.6 is 11.8 Å². The molecule has 0 spiro atoms. The van der Waals surface area contributed by atoms with Crippen LogP contribution in [0.4, 0.5) is 5.69 Å². The van der Waals surface area contributed by atoms with E-state index >= 15 is 0 Å². The fourth-order valence-electron chi connectivity index (χ4n) is 4.04. The number of hydrogen-bond acceptors (Lipinski definition) is 6. The zero-order chi connectivity index (χ0) is 21.0. The van der Waals surface area contributed by atoms with Crippen LogP contribution in [0.15, 0.2) is 33.9 Å². The first-order chi connectivity index (χ1) is 13.9. The maximum Gasteiger partial charge on any atom is 0.277 e. The molecule has 2 aromatic rings. The van der Waals surface area contributed by atoms with E-state index in [0.29, 0.717) is 11.1 Å². The lowest BCUT2D eigenvalue weighted by Crippen LogP contribution is -2.50. The van der Waals surface area contributed by atoms with Crippen molar-refractivity contribution in [2.45, 2.75) is 76.4 Å². The third-order valence-electron chi connectivity index (χ3n) is 5.72. The van der Waals surface area contributed by atoms with Crippen molar-refractivity contribution in [2.24, 2.45) is 0 Å². The highest BCUT2D eigenvalue weighted by Crippen LogP contribution is 2.30. The molecule has 0 radical (unpaired) electrons. The summed E-state index contributed by atoms with van der Waals surface area (Å²) in [6, 6.07) is 8.73. The minimum Gasteiger partial charge on any atom is -0.411 e. The van der Waals surface area contributed by atoms with Crippen molar-refractivity contribution in [2.75, 3.05) is 18.0 Å². The third kappa shape index (κ3) is 4.94. The van der Waals surface area contributed by atoms with Gasteiger partial charge in [-0.15, -0.1) is 10.2 Å². The van der Waals surface area contributed by atoms with Crippen LogP contribution in [0, 0.1) is 0 Å². The van der Waals surface area contributed by atoms with Gasteiger partial charge in [0.25, 0.3) is 5.22 Å². The monoisotopic (exact) mass is 416 g/mol. The van der Waals surface area contributed by atoms with Gasteiger partial charge in [-0.25, -0.2) is 0 Å². The summed E-state index contributed by atoms with van der Waals surface area (Å²) in [5.74, 6) is 0.635. The average molecular weight is 417 g/mol. The Hall–Kier alpha value is -2.02. The Morgan fingerprint density at radius 3 is 2.38 bits per heavy atom. The number of thioether (sulfide) groups is 1. The van der Waals surface area contributed by atoms with Crippen molar-refractivity contribution in [3.05, 3.63) is 24.3 Å². The molecule has 0 saturated carbocycles. The molecule has 0 bridgehead atoms. The van der Waals surface area contributed by atoms with Crippen LogP contribution in [0.3, 0.4) is 0 Å². The van der Waals surface area contributed by atoms with Gasteiger partial charge in [0.05, 0.1) is 5.25 Å². The third-order valence-corrected chi connectivity index (χ3v) is 6.64. The smallest absolute Gasteiger partial charge is 0.277 e. The topological polar surface area (TPSA) is 62.5 Å². The summed E-state index contributed by atoms with van der Waals surface area (Å²) < 4.78 is 5.84. The van der Waals surface area contributed by atoms with Crippen LogP contribution in [-0.2, 0) is 4.79 Å². The lowest BCUT2D eigenvalue weighted by molar-refractivity contribution is -0.136. The Balaban J connectivity index is 1.66. The lowest BCUT2D eigenvalue weighted by Gasteiger charge is -2.40. The zero-order valence-electron chi connectivity index (χ0n) is 18.1. The van der Waals surface area contributed by atoms with Crippen LogP contribution in [0.2, 0.25) is 0 Å². The molecular formula is C22H32N4O2S. The highest BCUT2D eigenvalue weighted by molar-refractivity contribution is 8.00. The molecule has 2 heterocycles. The van der Waals surface area contributed by atoms with E-state index in [1.54, 1.807) is 0 Å². The van der Waals surface area contributed by atoms with Crippen LogP contribution in [0.25, 0.3) is 11.5 Å². The van der Waals surface area contributed by atoms with Crippen LogP contribution < -0.4 is 4.90 Å². The Morgan fingerprint density at radius 2 is 1.79 bits per heavy atom. The first kappa shape index (κ1) is 21.7. The molecule has 3 atom stereocenters. The largest absolute Gasteiger partial charge is 0.411 e. The van der Waals surface area contributed by atoms with Crippen LogP contribution in [-0.4, -0.2) is 51.4 Å². The van der Waals surface area contributed by atoms with E-state index in [0.717, 1.165) is 31.5 Å². The summed E-state index contributed by atoms with van der Waals surface area (Å²) in [4.78, 5) is 17.3. The number of piperidine rings is 1. The van der Waals surface area contributed by atoms with Crippen molar-refractivity contribution in [1.29, 1.82) is 0 Å². The van der Waals surface area contributed by atoms with Gasteiger partial charge in [-0.2, -0.15) is 0 Å². The summed E-state index contributed by atoms with van der Waals surface area (Å²) in [6.07, 6.45) is 3.33. The first-order valence-electron chi connectivity index (χ1n) is 10.6. The van der Waals surface area contributed by atoms with Crippen LogP contribution in [0.5, 0.6) is 0 Å². The molecule has 7 heteroatoms. The van der Waals surface area contributed by atoms with Gasteiger partial charge in [-0.05, 0) is 78.1 Å². The molecule has 1 aromatic carbocycles. The maximum absolute atomic E-state index is 13.0. The van der Waals surface area contributed by atoms with Crippen LogP contribution in [0.1, 0.15) is 53.9 Å². The minimum atomic E-state index is -0.253. The van der Waals surface area contributed by atoms with Gasteiger partial charge in [-0.3, -0.25) is 4.79 Å². The van der Waals surface area contributed by atoms with E-state index < -0.39 is 0 Å². The maximum atomic E-state index is 13.0. The van der Waals surface area contributed by atoms with Gasteiger partial charge in [0, 0.05) is 36.4 Å². The fraction of sp³-hybridized carbons (Fsp3) is 0.591. The second-order valence-electron chi connectivity index (χ2n) is 7.73. The first-order valence-corrected chi connectivity index (χ1v) is 11.5. The van der Waals surface area contributed by atoms with Gasteiger partial charge in [0.1, 0.15) is 0 Å². The van der Waals surface area contributed by atoms with E-state index in [4.69, 9.17) is 4.42 Å². The standard InChI is InChI=1S/C22H32N4O2S/c1-6-25(7-2)19-13-11-18(12-14-19)20-23-24-22(28-20)29-17(5)21(27)26-15(3)9-8-10-16(26)4/h11-17H,6-10H2,1-5H3/t15-,16+,17-/m0/s1. The highest BCUT2D eigenvalue weighted by atomic mass is 32.2. The van der Waals surface area contributed by atoms with Gasteiger partial charge in [-0.1, -0.05) is 11.8 Å². The molecule has 1 aliphatic heterocycles. The summed E-state index contributed by atoms with van der Waals surface area (Å²) in [5, 5.41) is 8.52. The number of carbonyl (C=O) groups excluding carboxylic acids is 1. The predicted molar refractivity (Wildman–Crippen MR) is 118 cm³/mol. The van der Waals surface area contributed by atoms with Crippen molar-refractivity contribution in [3.8, 4) is 11.5 Å². The summed E-state index contributed by atoms with van der Waals surface area (Å²) in [6.45, 7) is 12.4. The van der Waals surface area contributed by atoms with E-state index in [1.165, 1.54) is 23.9 Å². The SMILES string of the molecule is CCN(CC)c1ccc(-c2nnc(S[C@@H](C)C(=O)N3[C@H](C)CCC[C@@H]3C)o2)cc1. The van der Waals surface area contributed by atoms with Gasteiger partial charge in [0.15, 0.2) is 0 Å². The Bertz CT molecular complexity index is 793. The molecule has 29 heavy (non-hydrogen) atoms. The second-order valence-corrected chi connectivity index (χ2v) is 9.02. The average Bonchev–Trinajstić information content (AvgIpc) is 3.17. The molecule has 1 aromatic heterocycles. The molecule has 3 rings (SSSR count). The molecule has 0 unspecified atom stereocenters. The van der Waals surface area contributed by atoms with E-state index in [9.17, 15) is 4.79 Å². The number of likely N-dealkylation sites (tertiary alicyclic amines) is 1. The number of benzene rings is 1. The Morgan fingerprint density at radius 1 is 1.17 bits per heavy atom. The number of rotatable bonds is 7. The van der Waals surface area contributed by atoms with Gasteiger partial charge in [0.2, 0.25) is 11.8 Å². The summed E-state index contributed by atoms with van der Waals surface area (Å²) in [5.41, 5.74) is 2.06. The number of carbonyl (C=O) groups is 1. The molecule has 1 aliphatic rings. The van der Waals surface area contributed by atoms with E-state index in [-0.39, 0.29) is 23.2 Å². The molecule has 158 valence electrons. The second kappa shape index (κ2) is 9.65. The number of hydrogen-bond donors (Lipinski definition) is 0. The lowest BCUT2D eigenvalue weighted by atomic mass is 9.97. The highest BCUT2D eigenvalue weighted by Gasteiger charge is 2.32. The van der Waals surface area contributed by atoms with E-state index in [2.05, 4.69) is 54.9 Å². The Kier molecular flexibility index (Phi) is 7.22. The fourth-order valence-corrected chi connectivity index (χ4v) is 4.78. The summed E-state index contributed by atoms with van der Waals surface area (Å²) >= 11 is 1.34. The zero-order valence-corrected chi connectivity index (χ0v) is 18.9. The Labute approximate surface area is 178 Å². The van der Waals surface area contributed by atoms with Crippen molar-refractivity contribution < 1.29 is 9.21 Å². The molecule has 6 nitrogen and oxygen atoms in total.